The fraction of sp³-hybridized carbons (Fsp3) is 0.200. The molecule has 0 atom stereocenters. The molecule has 0 saturated carbocycles. The number of para-hydroxylation sites is 1. The van der Waals surface area contributed by atoms with Crippen molar-refractivity contribution in [1.29, 1.82) is 0 Å². The number of pyridine rings is 1. The number of hydrogen-bond donors (Lipinski definition) is 2. The van der Waals surface area contributed by atoms with Gasteiger partial charge in [-0.25, -0.2) is 14.2 Å². The number of aromatic nitrogens is 7. The maximum atomic E-state index is 11.0. The molecule has 0 fully saturated rings. The molecule has 4 aromatic heterocycles. The topological polar surface area (TPSA) is 124 Å². The van der Waals surface area contributed by atoms with Gasteiger partial charge in [0.15, 0.2) is 23.5 Å². The summed E-state index contributed by atoms with van der Waals surface area (Å²) in [5.74, 6) is 1.17. The maximum Gasteiger partial charge on any atom is 0.177 e. The average Bonchev–Trinajstić information content (AvgIpc) is 3.56. The van der Waals surface area contributed by atoms with E-state index in [-0.39, 0.29) is 6.04 Å². The quantitative estimate of drug-likeness (QED) is 0.312. The fourth-order valence-corrected chi connectivity index (χ4v) is 3.86. The molecule has 182 valence electrons. The van der Waals surface area contributed by atoms with Gasteiger partial charge in [-0.3, -0.25) is 9.78 Å². The Morgan fingerprint density at radius 1 is 1.06 bits per heavy atom. The van der Waals surface area contributed by atoms with Crippen molar-refractivity contribution in [3.05, 3.63) is 60.6 Å². The van der Waals surface area contributed by atoms with Gasteiger partial charge < -0.3 is 15.4 Å². The van der Waals surface area contributed by atoms with E-state index in [2.05, 4.69) is 30.9 Å². The molecule has 0 unspecified atom stereocenters. The van der Waals surface area contributed by atoms with Crippen molar-refractivity contribution in [2.75, 3.05) is 24.8 Å². The molecular formula is C25H25N9O2. The Kier molecular flexibility index (Phi) is 6.03. The highest BCUT2D eigenvalue weighted by Crippen LogP contribution is 2.37. The summed E-state index contributed by atoms with van der Waals surface area (Å²) in [5.41, 5.74) is 5.53. The van der Waals surface area contributed by atoms with Crippen LogP contribution in [0.5, 0.6) is 5.75 Å². The number of nitrogens with zero attached hydrogens (tertiary/aromatic N) is 7. The first-order valence-electron chi connectivity index (χ1n) is 11.4. The van der Waals surface area contributed by atoms with Crippen LogP contribution in [0.15, 0.2) is 55.0 Å². The predicted octanol–water partition coefficient (Wildman–Crippen LogP) is 4.24. The van der Waals surface area contributed by atoms with Crippen molar-refractivity contribution in [3.8, 4) is 28.4 Å². The number of benzene rings is 1. The zero-order chi connectivity index (χ0) is 25.2. The van der Waals surface area contributed by atoms with Crippen molar-refractivity contribution in [1.82, 2.24) is 34.6 Å². The second kappa shape index (κ2) is 9.45. The molecule has 11 heteroatoms. The molecule has 0 amide bonds. The number of nitrogens with one attached hydrogen (secondary N) is 2. The lowest BCUT2D eigenvalue weighted by Gasteiger charge is -2.15. The number of imidazole rings is 1. The molecule has 0 bridgehead atoms. The average molecular weight is 484 g/mol. The van der Waals surface area contributed by atoms with Gasteiger partial charge in [0, 0.05) is 36.5 Å². The van der Waals surface area contributed by atoms with E-state index in [1.165, 1.54) is 6.20 Å². The number of hydrogen-bond acceptors (Lipinski definition) is 9. The van der Waals surface area contributed by atoms with Crippen LogP contribution in [0.1, 0.15) is 30.2 Å². The van der Waals surface area contributed by atoms with Gasteiger partial charge in [0.2, 0.25) is 0 Å². The first-order chi connectivity index (χ1) is 17.5. The van der Waals surface area contributed by atoms with Gasteiger partial charge in [0.05, 0.1) is 36.6 Å². The first-order valence-corrected chi connectivity index (χ1v) is 11.4. The van der Waals surface area contributed by atoms with Crippen LogP contribution in [-0.2, 0) is 0 Å². The number of ether oxygens (including phenoxy) is 1. The van der Waals surface area contributed by atoms with E-state index in [1.54, 1.807) is 34.6 Å². The summed E-state index contributed by atoms with van der Waals surface area (Å²) in [7, 11) is 3.43. The Hall–Kier alpha value is -4.80. The van der Waals surface area contributed by atoms with E-state index >= 15 is 0 Å². The normalized spacial score (nSPS) is 11.1. The summed E-state index contributed by atoms with van der Waals surface area (Å²) in [5, 5.41) is 19.9. The minimum absolute atomic E-state index is 0.187. The van der Waals surface area contributed by atoms with E-state index < -0.39 is 0 Å². The largest absolute Gasteiger partial charge is 0.494 e. The smallest absolute Gasteiger partial charge is 0.177 e. The van der Waals surface area contributed by atoms with Gasteiger partial charge in [-0.2, -0.15) is 0 Å². The van der Waals surface area contributed by atoms with Crippen molar-refractivity contribution in [3.63, 3.8) is 0 Å². The molecule has 0 aliphatic rings. The number of fused-ring (bicyclic) bond motifs is 1. The number of carbonyl (C=O) groups is 1. The summed E-state index contributed by atoms with van der Waals surface area (Å²) in [6.07, 6.45) is 5.91. The number of anilines is 3. The highest BCUT2D eigenvalue weighted by atomic mass is 16.5. The summed E-state index contributed by atoms with van der Waals surface area (Å²) in [4.78, 5) is 20.0. The standard InChI is InChI=1S/C25H25N9O2/c1-15(2)33-13-21(30-32-33)22-12-28-25-20(26-3)10-23(31-34(22)25)29-19-7-5-6-17(24(19)36-4)18-9-8-16(14-35)11-27-18/h5-15,26H,1-4H3,(H,29,31). The Morgan fingerprint density at radius 2 is 1.92 bits per heavy atom. The summed E-state index contributed by atoms with van der Waals surface area (Å²) in [6, 6.07) is 11.3. The molecule has 0 aliphatic carbocycles. The van der Waals surface area contributed by atoms with Crippen LogP contribution in [0.25, 0.3) is 28.3 Å². The van der Waals surface area contributed by atoms with Crippen molar-refractivity contribution < 1.29 is 9.53 Å². The molecule has 2 N–H and O–H groups in total. The highest BCUT2D eigenvalue weighted by molar-refractivity contribution is 5.81. The SMILES string of the molecule is CNc1cc(Nc2cccc(-c3ccc(C=O)cn3)c2OC)nn2c(-c3cn(C(C)C)nn3)cnc12. The molecule has 0 aliphatic heterocycles. The Balaban J connectivity index is 1.56. The van der Waals surface area contributed by atoms with E-state index in [4.69, 9.17) is 9.84 Å². The monoisotopic (exact) mass is 483 g/mol. The van der Waals surface area contributed by atoms with Crippen LogP contribution in [0.3, 0.4) is 0 Å². The van der Waals surface area contributed by atoms with Crippen molar-refractivity contribution in [2.24, 2.45) is 0 Å². The lowest BCUT2D eigenvalue weighted by Crippen LogP contribution is -2.05. The maximum absolute atomic E-state index is 11.0. The second-order valence-corrected chi connectivity index (χ2v) is 8.36. The minimum atomic E-state index is 0.187. The predicted molar refractivity (Wildman–Crippen MR) is 137 cm³/mol. The Labute approximate surface area is 207 Å². The lowest BCUT2D eigenvalue weighted by atomic mass is 10.1. The highest BCUT2D eigenvalue weighted by Gasteiger charge is 2.17. The summed E-state index contributed by atoms with van der Waals surface area (Å²) < 4.78 is 9.28. The first kappa shape index (κ1) is 23.0. The third kappa shape index (κ3) is 4.11. The van der Waals surface area contributed by atoms with Crippen molar-refractivity contribution in [2.45, 2.75) is 19.9 Å². The molecule has 0 radical (unpaired) electrons. The third-order valence-corrected chi connectivity index (χ3v) is 5.72. The molecule has 5 rings (SSSR count). The second-order valence-electron chi connectivity index (χ2n) is 8.36. The Morgan fingerprint density at radius 3 is 2.58 bits per heavy atom. The van der Waals surface area contributed by atoms with E-state index in [9.17, 15) is 4.79 Å². The van der Waals surface area contributed by atoms with Crippen LogP contribution >= 0.6 is 0 Å². The molecule has 0 saturated heterocycles. The third-order valence-electron chi connectivity index (χ3n) is 5.72. The zero-order valence-electron chi connectivity index (χ0n) is 20.3. The fourth-order valence-electron chi connectivity index (χ4n) is 3.86. The van der Waals surface area contributed by atoms with Crippen LogP contribution in [0.2, 0.25) is 0 Å². The van der Waals surface area contributed by atoms with Gasteiger partial charge in [-0.15, -0.1) is 10.2 Å². The van der Waals surface area contributed by atoms with Gasteiger partial charge in [-0.05, 0) is 38.1 Å². The minimum Gasteiger partial charge on any atom is -0.494 e. The van der Waals surface area contributed by atoms with E-state index in [0.29, 0.717) is 39.9 Å². The Bertz CT molecular complexity index is 1540. The van der Waals surface area contributed by atoms with Crippen LogP contribution < -0.4 is 15.4 Å². The van der Waals surface area contributed by atoms with E-state index in [0.717, 1.165) is 23.2 Å². The zero-order valence-corrected chi connectivity index (χ0v) is 20.3. The van der Waals surface area contributed by atoms with Crippen LogP contribution in [0, 0.1) is 0 Å². The number of rotatable bonds is 8. The summed E-state index contributed by atoms with van der Waals surface area (Å²) in [6.45, 7) is 4.08. The lowest BCUT2D eigenvalue weighted by molar-refractivity contribution is 0.112. The van der Waals surface area contributed by atoms with Gasteiger partial charge in [-0.1, -0.05) is 11.3 Å². The number of carbonyl (C=O) groups excluding carboxylic acids is 1. The molecule has 5 aromatic rings. The van der Waals surface area contributed by atoms with Crippen molar-refractivity contribution >= 4 is 29.1 Å². The molecule has 1 aromatic carbocycles. The molecule has 36 heavy (non-hydrogen) atoms. The van der Waals surface area contributed by atoms with Crippen LogP contribution in [0.4, 0.5) is 17.2 Å². The van der Waals surface area contributed by atoms with Crippen LogP contribution in [-0.4, -0.2) is 55.0 Å². The van der Waals surface area contributed by atoms with Gasteiger partial charge in [0.25, 0.3) is 0 Å². The molecule has 11 nitrogen and oxygen atoms in total. The summed E-state index contributed by atoms with van der Waals surface area (Å²) >= 11 is 0. The van der Waals surface area contributed by atoms with E-state index in [1.807, 2.05) is 51.4 Å². The van der Waals surface area contributed by atoms with Gasteiger partial charge in [0.1, 0.15) is 11.4 Å². The molecule has 0 spiro atoms. The molecule has 4 heterocycles. The number of methoxy groups -OCH3 is 1. The number of aldehydes is 1. The molecular weight excluding hydrogens is 458 g/mol. The van der Waals surface area contributed by atoms with Gasteiger partial charge >= 0.3 is 0 Å².